The Hall–Kier alpha value is -2.91. The van der Waals surface area contributed by atoms with Gasteiger partial charge >= 0.3 is 5.97 Å². The molecule has 53 heavy (non-hydrogen) atoms. The van der Waals surface area contributed by atoms with Gasteiger partial charge in [-0.3, -0.25) is 4.79 Å². The zero-order valence-electron chi connectivity index (χ0n) is 33.3. The number of fused-ring (bicyclic) bond motifs is 5. The fraction of sp³-hybridized carbons (Fsp3) is 0.750. The molecule has 9 heteroatoms. The van der Waals surface area contributed by atoms with Crippen molar-refractivity contribution in [1.29, 1.82) is 0 Å². The molecule has 0 radical (unpaired) electrons. The van der Waals surface area contributed by atoms with E-state index in [0.717, 1.165) is 54.7 Å². The fourth-order valence-electron chi connectivity index (χ4n) is 12.6. The Balaban J connectivity index is 1.29. The molecule has 4 fully saturated rings. The molecule has 0 aliphatic heterocycles. The molecule has 2 aromatic rings. The van der Waals surface area contributed by atoms with E-state index in [2.05, 4.69) is 49.9 Å². The number of nitrogens with one attached hydrogen (secondary N) is 2. The summed E-state index contributed by atoms with van der Waals surface area (Å²) >= 11 is 0. The van der Waals surface area contributed by atoms with Crippen LogP contribution >= 0.6 is 0 Å². The first-order valence-corrected chi connectivity index (χ1v) is 21.0. The summed E-state index contributed by atoms with van der Waals surface area (Å²) in [5.41, 5.74) is 0.633. The van der Waals surface area contributed by atoms with Gasteiger partial charge in [0.25, 0.3) is 0 Å². The molecule has 4 saturated carbocycles. The quantitative estimate of drug-likeness (QED) is 0.126. The number of H-pyrrole nitrogens is 1. The van der Waals surface area contributed by atoms with Crippen LogP contribution in [0.25, 0.3) is 0 Å². The van der Waals surface area contributed by atoms with Gasteiger partial charge in [0, 0.05) is 55.2 Å². The maximum Gasteiger partial charge on any atom is 0.326 e. The molecule has 9 nitrogen and oxygen atoms in total. The Morgan fingerprint density at radius 3 is 2.45 bits per heavy atom. The smallest absolute Gasteiger partial charge is 0.326 e. The van der Waals surface area contributed by atoms with E-state index in [-0.39, 0.29) is 36.0 Å². The fourth-order valence-corrected chi connectivity index (χ4v) is 12.6. The number of amides is 1. The lowest BCUT2D eigenvalue weighted by Gasteiger charge is -2.67. The summed E-state index contributed by atoms with van der Waals surface area (Å²) in [6.07, 6.45) is 16.2. The Bertz CT molecular complexity index is 1530. The van der Waals surface area contributed by atoms with Crippen LogP contribution in [0.5, 0.6) is 5.75 Å². The highest BCUT2D eigenvalue weighted by Crippen LogP contribution is 2.69. The summed E-state index contributed by atoms with van der Waals surface area (Å²) in [4.78, 5) is 35.8. The second-order valence-electron chi connectivity index (χ2n) is 18.6. The van der Waals surface area contributed by atoms with E-state index in [9.17, 15) is 24.9 Å². The number of aliphatic carboxylic acids is 1. The molecule has 0 bridgehead atoms. The number of aromatic amines is 1. The predicted molar refractivity (Wildman–Crippen MR) is 208 cm³/mol. The summed E-state index contributed by atoms with van der Waals surface area (Å²) < 4.78 is 0. The first-order valence-electron chi connectivity index (χ1n) is 21.0. The molecule has 6 rings (SSSR count). The molecule has 0 saturated heterocycles. The lowest BCUT2D eigenvalue weighted by Crippen LogP contribution is -2.73. The van der Waals surface area contributed by atoms with Crippen molar-refractivity contribution in [3.8, 4) is 5.75 Å². The van der Waals surface area contributed by atoms with Crippen molar-refractivity contribution in [2.45, 2.75) is 155 Å². The number of rotatable bonds is 15. The maximum absolute atomic E-state index is 13.8. The maximum atomic E-state index is 13.8. The highest BCUT2D eigenvalue weighted by molar-refractivity contribution is 5.84. The second-order valence-corrected chi connectivity index (χ2v) is 18.6. The Labute approximate surface area is 318 Å². The SMILES string of the molecule is CCC(=O)N([C@H]1CC[C@]2(C)[C@H]3CC[C@]4(C)[C@@H]([C@H](C)CCCC(C)C)CC[C@H]4[C@@H]3C[C@@H](NCCc3cnc[nH]3)[C@@]2(O)C1)[C@@H](Cc1ccc(O)cc1)C(=O)O. The highest BCUT2D eigenvalue weighted by Gasteiger charge is 2.68. The van der Waals surface area contributed by atoms with Gasteiger partial charge in [0.2, 0.25) is 5.91 Å². The molecular weight excluding hydrogens is 665 g/mol. The van der Waals surface area contributed by atoms with Gasteiger partial charge in [-0.05, 0) is 110 Å². The molecule has 1 aromatic carbocycles. The van der Waals surface area contributed by atoms with E-state index in [1.165, 1.54) is 38.5 Å². The first-order chi connectivity index (χ1) is 25.2. The normalized spacial score (nSPS) is 34.9. The number of carbonyl (C=O) groups is 2. The average Bonchev–Trinajstić information content (AvgIpc) is 3.77. The highest BCUT2D eigenvalue weighted by atomic mass is 16.4. The molecule has 0 unspecified atom stereocenters. The lowest BCUT2D eigenvalue weighted by atomic mass is 9.41. The van der Waals surface area contributed by atoms with Crippen LogP contribution in [0.3, 0.4) is 0 Å². The first kappa shape index (κ1) is 39.8. The van der Waals surface area contributed by atoms with E-state index >= 15 is 0 Å². The van der Waals surface area contributed by atoms with Gasteiger partial charge < -0.3 is 30.5 Å². The summed E-state index contributed by atoms with van der Waals surface area (Å²) in [6, 6.07) is 4.92. The third-order valence-electron chi connectivity index (χ3n) is 15.4. The van der Waals surface area contributed by atoms with Crippen molar-refractivity contribution in [3.63, 3.8) is 0 Å². The van der Waals surface area contributed by atoms with E-state index < -0.39 is 23.7 Å². The van der Waals surface area contributed by atoms with Crippen molar-refractivity contribution in [3.05, 3.63) is 48.0 Å². The molecule has 5 N–H and O–H groups in total. The molecule has 11 atom stereocenters. The Morgan fingerprint density at radius 1 is 1.04 bits per heavy atom. The molecule has 1 heterocycles. The minimum atomic E-state index is -1.12. The Kier molecular flexibility index (Phi) is 12.0. The Morgan fingerprint density at radius 2 is 1.79 bits per heavy atom. The van der Waals surface area contributed by atoms with E-state index in [0.29, 0.717) is 42.6 Å². The summed E-state index contributed by atoms with van der Waals surface area (Å²) in [7, 11) is 0. The summed E-state index contributed by atoms with van der Waals surface area (Å²) in [5.74, 6) is 2.63. The number of benzene rings is 1. The van der Waals surface area contributed by atoms with Gasteiger partial charge in [-0.2, -0.15) is 0 Å². The number of aromatic hydroxyl groups is 1. The van der Waals surface area contributed by atoms with Crippen LogP contribution in [-0.2, 0) is 22.4 Å². The van der Waals surface area contributed by atoms with Gasteiger partial charge in [0.05, 0.1) is 11.9 Å². The molecule has 1 aromatic heterocycles. The van der Waals surface area contributed by atoms with E-state index in [1.54, 1.807) is 42.4 Å². The number of aromatic nitrogens is 2. The number of carboxylic acid groups (broad SMARTS) is 1. The van der Waals surface area contributed by atoms with Crippen molar-refractivity contribution in [2.75, 3.05) is 6.54 Å². The number of carboxylic acids is 1. The van der Waals surface area contributed by atoms with Gasteiger partial charge in [-0.25, -0.2) is 9.78 Å². The molecule has 4 aliphatic carbocycles. The van der Waals surface area contributed by atoms with Crippen LogP contribution in [0.4, 0.5) is 0 Å². The van der Waals surface area contributed by atoms with Gasteiger partial charge in [-0.1, -0.05) is 72.9 Å². The monoisotopic (exact) mass is 733 g/mol. The van der Waals surface area contributed by atoms with Crippen LogP contribution < -0.4 is 5.32 Å². The van der Waals surface area contributed by atoms with Crippen molar-refractivity contribution >= 4 is 11.9 Å². The topological polar surface area (TPSA) is 139 Å². The van der Waals surface area contributed by atoms with Crippen LogP contribution in [0.15, 0.2) is 36.8 Å². The number of phenols is 1. The summed E-state index contributed by atoms with van der Waals surface area (Å²) in [6.45, 7) is 14.6. The molecule has 1 amide bonds. The summed E-state index contributed by atoms with van der Waals surface area (Å²) in [5, 5.41) is 37.8. The molecule has 294 valence electrons. The minimum Gasteiger partial charge on any atom is -0.508 e. The number of phenolic OH excluding ortho intramolecular Hbond substituents is 1. The molecule has 0 spiro atoms. The predicted octanol–water partition coefficient (Wildman–Crippen LogP) is 7.77. The van der Waals surface area contributed by atoms with Crippen molar-refractivity contribution in [1.82, 2.24) is 20.2 Å². The van der Waals surface area contributed by atoms with Gasteiger partial charge in [0.1, 0.15) is 11.8 Å². The standard InChI is InChI=1S/C44H68N4O5/c1-7-40(50)48(38(41(51)52)23-30-11-13-33(49)14-12-30)32-17-21-43(6)37-18-20-42(5)35(29(4)10-8-9-28(2)3)15-16-36(42)34(37)24-39(44(43,53)25-32)46-22-19-31-26-45-27-47-31/h11-14,26-29,32,34-39,46,49,53H,7-10,15-25H2,1-6H3,(H,45,47)(H,51,52)/t29-,32+,34+,35-,36+,37+,38+,39-,42-,43-,44+/m1/s1. The van der Waals surface area contributed by atoms with Crippen LogP contribution in [0.2, 0.25) is 0 Å². The minimum absolute atomic E-state index is 0.116. The third-order valence-corrected chi connectivity index (χ3v) is 15.4. The van der Waals surface area contributed by atoms with Crippen LogP contribution in [-0.4, -0.2) is 72.3 Å². The molecular formula is C44H68N4O5. The third kappa shape index (κ3) is 7.68. The largest absolute Gasteiger partial charge is 0.508 e. The van der Waals surface area contributed by atoms with Crippen LogP contribution in [0, 0.1) is 46.3 Å². The van der Waals surface area contributed by atoms with Crippen molar-refractivity contribution < 1.29 is 24.9 Å². The number of imidazole rings is 1. The number of aliphatic hydroxyl groups is 1. The zero-order chi connectivity index (χ0) is 38.1. The second kappa shape index (κ2) is 16.1. The van der Waals surface area contributed by atoms with E-state index in [1.807, 2.05) is 6.20 Å². The van der Waals surface area contributed by atoms with Gasteiger partial charge in [-0.15, -0.1) is 0 Å². The van der Waals surface area contributed by atoms with Crippen molar-refractivity contribution in [2.24, 2.45) is 46.3 Å². The van der Waals surface area contributed by atoms with E-state index in [4.69, 9.17) is 0 Å². The lowest BCUT2D eigenvalue weighted by molar-refractivity contribution is -0.230. The van der Waals surface area contributed by atoms with Gasteiger partial charge in [0.15, 0.2) is 0 Å². The molecule has 4 aliphatic rings. The number of carbonyl (C=O) groups excluding carboxylic acids is 1. The van der Waals surface area contributed by atoms with Crippen LogP contribution in [0.1, 0.15) is 130 Å². The number of nitrogens with zero attached hydrogens (tertiary/aromatic N) is 2. The zero-order valence-corrected chi connectivity index (χ0v) is 33.3. The average molecular weight is 733 g/mol. The number of hydrogen-bond donors (Lipinski definition) is 5. The number of hydrogen-bond acceptors (Lipinski definition) is 6.